The van der Waals surface area contributed by atoms with Gasteiger partial charge >= 0.3 is 17.8 Å². The van der Waals surface area contributed by atoms with Crippen molar-refractivity contribution < 1.29 is 33.8 Å². The lowest BCUT2D eigenvalue weighted by atomic mass is 9.95. The first-order valence-electron chi connectivity index (χ1n) is 12.4. The van der Waals surface area contributed by atoms with Gasteiger partial charge in [0.2, 0.25) is 0 Å². The number of thiazole rings is 1. The molecule has 0 spiro atoms. The van der Waals surface area contributed by atoms with Gasteiger partial charge < -0.3 is 14.6 Å². The second-order valence-corrected chi connectivity index (χ2v) is 10.0. The van der Waals surface area contributed by atoms with Crippen LogP contribution in [0.2, 0.25) is 0 Å². The van der Waals surface area contributed by atoms with Crippen LogP contribution in [-0.2, 0) is 19.1 Å². The van der Waals surface area contributed by atoms with Crippen molar-refractivity contribution in [1.82, 2.24) is 14.4 Å². The van der Waals surface area contributed by atoms with Gasteiger partial charge in [-0.15, -0.1) is 0 Å². The Balaban J connectivity index is 1.71. The standard InChI is InChI=1S/C29H24N4O7S/c1-5-14-40-28(38)25-16(3)31-29(41-25)33-22(17-9-11-18(12-10-17)27(37)39-4)20(24(35)26(33)36)23(34)21-15(2)30-19-8-6-7-13-32(19)21/h5-13,22,34H,1,14H2,2-4H3/b23-20+. The Morgan fingerprint density at radius 3 is 2.49 bits per heavy atom. The van der Waals surface area contributed by atoms with Gasteiger partial charge in [-0.2, -0.15) is 0 Å². The summed E-state index contributed by atoms with van der Waals surface area (Å²) in [7, 11) is 1.26. The smallest absolute Gasteiger partial charge is 0.350 e. The minimum atomic E-state index is -1.14. The maximum Gasteiger partial charge on any atom is 0.350 e. The Kier molecular flexibility index (Phi) is 7.24. The summed E-state index contributed by atoms with van der Waals surface area (Å²) >= 11 is 0.885. The van der Waals surface area contributed by atoms with Crippen LogP contribution in [0.1, 0.15) is 48.7 Å². The Morgan fingerprint density at radius 1 is 1.07 bits per heavy atom. The number of imidazole rings is 1. The van der Waals surface area contributed by atoms with Gasteiger partial charge in [0.1, 0.15) is 22.8 Å². The molecule has 1 unspecified atom stereocenters. The molecule has 3 aromatic heterocycles. The SMILES string of the molecule is C=CCOC(=O)c1sc(N2C(=O)C(=O)/C(=C(/O)c3c(C)nc4ccccn34)C2c2ccc(C(=O)OC)cc2)nc1C. The van der Waals surface area contributed by atoms with Gasteiger partial charge in [-0.3, -0.25) is 18.9 Å². The Bertz CT molecular complexity index is 1770. The van der Waals surface area contributed by atoms with Crippen LogP contribution in [0, 0.1) is 13.8 Å². The zero-order chi connectivity index (χ0) is 29.4. The van der Waals surface area contributed by atoms with E-state index in [1.54, 1.807) is 54.8 Å². The molecule has 0 aliphatic carbocycles. The summed E-state index contributed by atoms with van der Waals surface area (Å²) in [5.74, 6) is -3.53. The zero-order valence-electron chi connectivity index (χ0n) is 22.3. The quantitative estimate of drug-likeness (QED) is 0.114. The maximum absolute atomic E-state index is 13.6. The highest BCUT2D eigenvalue weighted by Gasteiger charge is 2.49. The van der Waals surface area contributed by atoms with E-state index < -0.39 is 35.4 Å². The molecule has 12 heteroatoms. The third-order valence-corrected chi connectivity index (χ3v) is 7.67. The minimum absolute atomic E-state index is 0.0127. The molecule has 0 saturated carbocycles. The molecule has 41 heavy (non-hydrogen) atoms. The molecule has 0 bridgehead atoms. The molecule has 1 amide bonds. The highest BCUT2D eigenvalue weighted by Crippen LogP contribution is 2.44. The summed E-state index contributed by atoms with van der Waals surface area (Å²) in [6.45, 7) is 6.79. The summed E-state index contributed by atoms with van der Waals surface area (Å²) in [6, 6.07) is 10.2. The monoisotopic (exact) mass is 572 g/mol. The number of amides is 1. The number of esters is 2. The van der Waals surface area contributed by atoms with E-state index in [4.69, 9.17) is 9.47 Å². The first-order valence-corrected chi connectivity index (χ1v) is 13.2. The van der Waals surface area contributed by atoms with Crippen molar-refractivity contribution in [2.45, 2.75) is 19.9 Å². The third kappa shape index (κ3) is 4.67. The van der Waals surface area contributed by atoms with Crippen LogP contribution in [-0.4, -0.2) is 56.8 Å². The number of nitrogens with zero attached hydrogens (tertiary/aromatic N) is 4. The van der Waals surface area contributed by atoms with Crippen molar-refractivity contribution in [3.05, 3.63) is 100.0 Å². The van der Waals surface area contributed by atoms with Crippen LogP contribution in [0.4, 0.5) is 5.13 Å². The number of methoxy groups -OCH3 is 1. The molecule has 1 atom stereocenters. The van der Waals surface area contributed by atoms with Crippen molar-refractivity contribution in [2.24, 2.45) is 0 Å². The molecule has 1 aromatic carbocycles. The lowest BCUT2D eigenvalue weighted by Gasteiger charge is -2.23. The molecule has 4 aromatic rings. The molecule has 11 nitrogen and oxygen atoms in total. The molecular formula is C29H24N4O7S. The summed E-state index contributed by atoms with van der Waals surface area (Å²) in [5.41, 5.74) is 2.00. The average Bonchev–Trinajstić information content (AvgIpc) is 3.61. The van der Waals surface area contributed by atoms with E-state index in [0.717, 1.165) is 16.2 Å². The molecule has 1 N–H and O–H groups in total. The number of ketones is 1. The first kappa shape index (κ1) is 27.5. The fourth-order valence-electron chi connectivity index (χ4n) is 4.67. The fraction of sp³-hybridized carbons (Fsp3) is 0.172. The van der Waals surface area contributed by atoms with Gasteiger partial charge in [0.05, 0.1) is 35.7 Å². The lowest BCUT2D eigenvalue weighted by Crippen LogP contribution is -2.29. The predicted molar refractivity (Wildman–Crippen MR) is 150 cm³/mol. The Hall–Kier alpha value is -5.10. The number of hydrogen-bond donors (Lipinski definition) is 1. The highest BCUT2D eigenvalue weighted by molar-refractivity contribution is 7.17. The number of Topliss-reactive ketones (excluding diaryl/α,β-unsaturated/α-hetero) is 1. The number of aromatic nitrogens is 3. The lowest BCUT2D eigenvalue weighted by molar-refractivity contribution is -0.132. The summed E-state index contributed by atoms with van der Waals surface area (Å²) in [6.07, 6.45) is 3.11. The number of pyridine rings is 1. The second kappa shape index (κ2) is 10.8. The van der Waals surface area contributed by atoms with E-state index >= 15 is 0 Å². The van der Waals surface area contributed by atoms with Crippen molar-refractivity contribution in [2.75, 3.05) is 18.6 Å². The Labute approximate surface area is 238 Å². The maximum atomic E-state index is 13.6. The summed E-state index contributed by atoms with van der Waals surface area (Å²) in [4.78, 5) is 62.0. The van der Waals surface area contributed by atoms with E-state index in [9.17, 15) is 24.3 Å². The number of aliphatic hydroxyl groups excluding tert-OH is 1. The van der Waals surface area contributed by atoms with Gasteiger partial charge in [-0.05, 0) is 43.7 Å². The molecule has 1 aliphatic heterocycles. The first-order chi connectivity index (χ1) is 19.7. The van der Waals surface area contributed by atoms with Crippen LogP contribution < -0.4 is 4.90 Å². The molecule has 4 heterocycles. The Morgan fingerprint density at radius 2 is 1.80 bits per heavy atom. The molecule has 1 saturated heterocycles. The number of benzene rings is 1. The zero-order valence-corrected chi connectivity index (χ0v) is 23.1. The molecule has 0 radical (unpaired) electrons. The molecular weight excluding hydrogens is 548 g/mol. The largest absolute Gasteiger partial charge is 0.505 e. The van der Waals surface area contributed by atoms with E-state index in [-0.39, 0.29) is 33.4 Å². The average molecular weight is 573 g/mol. The molecule has 1 aliphatic rings. The number of anilines is 1. The van der Waals surface area contributed by atoms with E-state index in [2.05, 4.69) is 16.5 Å². The number of aryl methyl sites for hydroxylation is 2. The number of carbonyl (C=O) groups is 4. The second-order valence-electron chi connectivity index (χ2n) is 9.06. The van der Waals surface area contributed by atoms with Crippen molar-refractivity contribution in [1.29, 1.82) is 0 Å². The summed E-state index contributed by atoms with van der Waals surface area (Å²) in [5, 5.41) is 11.7. The van der Waals surface area contributed by atoms with Crippen molar-refractivity contribution in [3.8, 4) is 0 Å². The number of fused-ring (bicyclic) bond motifs is 1. The molecule has 208 valence electrons. The number of ether oxygens (including phenoxy) is 2. The van der Waals surface area contributed by atoms with Gasteiger partial charge in [-0.25, -0.2) is 19.6 Å². The number of hydrogen-bond acceptors (Lipinski definition) is 10. The van der Waals surface area contributed by atoms with Crippen LogP contribution >= 0.6 is 11.3 Å². The molecule has 5 rings (SSSR count). The van der Waals surface area contributed by atoms with E-state index in [1.165, 1.54) is 25.3 Å². The number of carbonyl (C=O) groups excluding carboxylic acids is 4. The predicted octanol–water partition coefficient (Wildman–Crippen LogP) is 4.16. The highest BCUT2D eigenvalue weighted by atomic mass is 32.1. The van der Waals surface area contributed by atoms with Crippen LogP contribution in [0.5, 0.6) is 0 Å². The number of rotatable bonds is 7. The van der Waals surface area contributed by atoms with E-state index in [1.807, 2.05) is 0 Å². The van der Waals surface area contributed by atoms with Crippen LogP contribution in [0.15, 0.2) is 66.9 Å². The van der Waals surface area contributed by atoms with Crippen molar-refractivity contribution >= 4 is 51.5 Å². The van der Waals surface area contributed by atoms with Gasteiger partial charge in [0.25, 0.3) is 5.78 Å². The van der Waals surface area contributed by atoms with Gasteiger partial charge in [-0.1, -0.05) is 42.2 Å². The fourth-order valence-corrected chi connectivity index (χ4v) is 5.65. The molecule has 1 fully saturated rings. The normalized spacial score (nSPS) is 16.3. The van der Waals surface area contributed by atoms with Crippen LogP contribution in [0.25, 0.3) is 11.4 Å². The third-order valence-electron chi connectivity index (χ3n) is 6.53. The number of aliphatic hydroxyl groups is 1. The van der Waals surface area contributed by atoms with E-state index in [0.29, 0.717) is 22.6 Å². The van der Waals surface area contributed by atoms with Gasteiger partial charge in [0, 0.05) is 6.20 Å². The van der Waals surface area contributed by atoms with Gasteiger partial charge in [0.15, 0.2) is 10.9 Å². The van der Waals surface area contributed by atoms with Crippen molar-refractivity contribution in [3.63, 3.8) is 0 Å². The summed E-state index contributed by atoms with van der Waals surface area (Å²) < 4.78 is 11.5. The minimum Gasteiger partial charge on any atom is -0.505 e. The topological polar surface area (TPSA) is 140 Å². The van der Waals surface area contributed by atoms with Crippen LogP contribution in [0.3, 0.4) is 0 Å².